The minimum absolute atomic E-state index is 0.262. The second-order valence-electron chi connectivity index (χ2n) is 3.88. The molecule has 0 aliphatic carbocycles. The van der Waals surface area contributed by atoms with Crippen molar-refractivity contribution in [2.75, 3.05) is 5.32 Å². The van der Waals surface area contributed by atoms with E-state index in [-0.39, 0.29) is 5.91 Å². The van der Waals surface area contributed by atoms with Crippen LogP contribution in [0.5, 0.6) is 0 Å². The Bertz CT molecular complexity index is 728. The maximum Gasteiger partial charge on any atom is 0.256 e. The lowest BCUT2D eigenvalue weighted by atomic mass is 10.2. The van der Waals surface area contributed by atoms with Crippen molar-refractivity contribution in [3.8, 4) is 6.07 Å². The predicted molar refractivity (Wildman–Crippen MR) is 91.0 cm³/mol. The third-order valence-electron chi connectivity index (χ3n) is 2.52. The van der Waals surface area contributed by atoms with Gasteiger partial charge in [-0.3, -0.25) is 4.79 Å². The van der Waals surface area contributed by atoms with Crippen molar-refractivity contribution >= 4 is 61.7 Å². The lowest BCUT2D eigenvalue weighted by Crippen LogP contribution is -2.13. The number of amides is 1. The molecule has 0 unspecified atom stereocenters. The zero-order valence-corrected chi connectivity index (χ0v) is 14.5. The molecule has 2 rings (SSSR count). The van der Waals surface area contributed by atoms with E-state index < -0.39 is 0 Å². The highest BCUT2D eigenvalue weighted by molar-refractivity contribution is 14.1. The molecule has 0 aliphatic rings. The topological polar surface area (TPSA) is 52.9 Å². The molecule has 1 amide bonds. The molecule has 0 fully saturated rings. The molecule has 1 N–H and O–H groups in total. The summed E-state index contributed by atoms with van der Waals surface area (Å²) < 4.78 is 1.67. The standard InChI is InChI=1S/C14H7BrClIN2O/c15-11-3-2-9(17)6-10(11)14(20)19-13-4-1-8(7-18)5-12(13)16/h1-6H,(H,19,20). The van der Waals surface area contributed by atoms with Crippen molar-refractivity contribution in [2.45, 2.75) is 0 Å². The normalized spacial score (nSPS) is 9.90. The van der Waals surface area contributed by atoms with Crippen molar-refractivity contribution in [1.29, 1.82) is 5.26 Å². The molecule has 6 heteroatoms. The van der Waals surface area contributed by atoms with Crippen molar-refractivity contribution in [3.05, 3.63) is 60.6 Å². The zero-order chi connectivity index (χ0) is 14.7. The van der Waals surface area contributed by atoms with E-state index in [1.165, 1.54) is 6.07 Å². The van der Waals surface area contributed by atoms with Crippen LogP contribution in [-0.4, -0.2) is 5.91 Å². The first kappa shape index (κ1) is 15.3. The second-order valence-corrected chi connectivity index (χ2v) is 6.39. The van der Waals surface area contributed by atoms with Gasteiger partial charge in [0, 0.05) is 8.04 Å². The van der Waals surface area contributed by atoms with Gasteiger partial charge in [0.25, 0.3) is 5.91 Å². The summed E-state index contributed by atoms with van der Waals surface area (Å²) in [5.74, 6) is -0.262. The summed E-state index contributed by atoms with van der Waals surface area (Å²) in [7, 11) is 0. The SMILES string of the molecule is N#Cc1ccc(NC(=O)c2cc(I)ccc2Br)c(Cl)c1. The average Bonchev–Trinajstić information content (AvgIpc) is 2.43. The molecular weight excluding hydrogens is 454 g/mol. The lowest BCUT2D eigenvalue weighted by molar-refractivity contribution is 0.102. The van der Waals surface area contributed by atoms with Crippen LogP contribution in [-0.2, 0) is 0 Å². The molecule has 2 aromatic rings. The fourth-order valence-corrected chi connectivity index (χ4v) is 2.69. The van der Waals surface area contributed by atoms with Gasteiger partial charge in [0.05, 0.1) is 27.9 Å². The number of nitrogens with zero attached hydrogens (tertiary/aromatic N) is 1. The summed E-state index contributed by atoms with van der Waals surface area (Å²) in [5, 5.41) is 11.8. The van der Waals surface area contributed by atoms with E-state index in [1.54, 1.807) is 18.2 Å². The van der Waals surface area contributed by atoms with Crippen LogP contribution in [0, 0.1) is 14.9 Å². The Hall–Kier alpha value is -1.10. The summed E-state index contributed by atoms with van der Waals surface area (Å²) in [4.78, 5) is 12.2. The van der Waals surface area contributed by atoms with Gasteiger partial charge in [-0.25, -0.2) is 0 Å². The average molecular weight is 461 g/mol. The third-order valence-corrected chi connectivity index (χ3v) is 4.19. The summed E-state index contributed by atoms with van der Waals surface area (Å²) >= 11 is 11.5. The Balaban J connectivity index is 2.28. The Morgan fingerprint density at radius 1 is 1.30 bits per heavy atom. The zero-order valence-electron chi connectivity index (χ0n) is 9.95. The summed E-state index contributed by atoms with van der Waals surface area (Å²) in [6, 6.07) is 12.2. The molecule has 100 valence electrons. The van der Waals surface area contributed by atoms with E-state index in [4.69, 9.17) is 16.9 Å². The smallest absolute Gasteiger partial charge is 0.256 e. The first-order valence-corrected chi connectivity index (χ1v) is 7.72. The monoisotopic (exact) mass is 460 g/mol. The lowest BCUT2D eigenvalue weighted by Gasteiger charge is -2.09. The second kappa shape index (κ2) is 6.57. The molecule has 0 spiro atoms. The van der Waals surface area contributed by atoms with Gasteiger partial charge >= 0.3 is 0 Å². The number of carbonyl (C=O) groups is 1. The van der Waals surface area contributed by atoms with Crippen LogP contribution < -0.4 is 5.32 Å². The molecule has 3 nitrogen and oxygen atoms in total. The van der Waals surface area contributed by atoms with E-state index in [9.17, 15) is 4.79 Å². The van der Waals surface area contributed by atoms with Gasteiger partial charge in [-0.15, -0.1) is 0 Å². The van der Waals surface area contributed by atoms with Gasteiger partial charge in [-0.05, 0) is 74.9 Å². The van der Waals surface area contributed by atoms with Crippen LogP contribution in [0.25, 0.3) is 0 Å². The van der Waals surface area contributed by atoms with Crippen molar-refractivity contribution < 1.29 is 4.79 Å². The Morgan fingerprint density at radius 2 is 2.05 bits per heavy atom. The molecule has 0 heterocycles. The number of rotatable bonds is 2. The fourth-order valence-electron chi connectivity index (χ4n) is 1.55. The van der Waals surface area contributed by atoms with Crippen LogP contribution in [0.4, 0.5) is 5.69 Å². The number of hydrogen-bond acceptors (Lipinski definition) is 2. The quantitative estimate of drug-likeness (QED) is 0.652. The van der Waals surface area contributed by atoms with E-state index >= 15 is 0 Å². The van der Waals surface area contributed by atoms with Crippen LogP contribution in [0.15, 0.2) is 40.9 Å². The van der Waals surface area contributed by atoms with Crippen LogP contribution >= 0.6 is 50.1 Å². The molecule has 0 saturated heterocycles. The molecule has 0 radical (unpaired) electrons. The van der Waals surface area contributed by atoms with Gasteiger partial charge in [0.15, 0.2) is 0 Å². The summed E-state index contributed by atoms with van der Waals surface area (Å²) in [5.41, 5.74) is 1.45. The number of carbonyl (C=O) groups excluding carboxylic acids is 1. The molecule has 20 heavy (non-hydrogen) atoms. The third kappa shape index (κ3) is 3.51. The molecule has 2 aromatic carbocycles. The van der Waals surface area contributed by atoms with Crippen LogP contribution in [0.2, 0.25) is 5.02 Å². The molecular formula is C14H7BrClIN2O. The summed E-state index contributed by atoms with van der Waals surface area (Å²) in [6.45, 7) is 0. The fraction of sp³-hybridized carbons (Fsp3) is 0. The van der Waals surface area contributed by atoms with Gasteiger partial charge in [-0.1, -0.05) is 11.6 Å². The Morgan fingerprint density at radius 3 is 2.70 bits per heavy atom. The highest BCUT2D eigenvalue weighted by Crippen LogP contribution is 2.25. The molecule has 0 bridgehead atoms. The maximum atomic E-state index is 12.2. The molecule has 0 aromatic heterocycles. The van der Waals surface area contributed by atoms with Crippen LogP contribution in [0.3, 0.4) is 0 Å². The molecule has 0 aliphatic heterocycles. The molecule has 0 saturated carbocycles. The van der Waals surface area contributed by atoms with Gasteiger partial charge < -0.3 is 5.32 Å². The van der Waals surface area contributed by atoms with Crippen molar-refractivity contribution in [2.24, 2.45) is 0 Å². The first-order valence-electron chi connectivity index (χ1n) is 5.47. The van der Waals surface area contributed by atoms with Gasteiger partial charge in [0.1, 0.15) is 0 Å². The maximum absolute atomic E-state index is 12.2. The number of nitrogens with one attached hydrogen (secondary N) is 1. The minimum Gasteiger partial charge on any atom is -0.321 e. The number of halogens is 3. The number of nitriles is 1. The number of hydrogen-bond donors (Lipinski definition) is 1. The Labute approximate surface area is 143 Å². The Kier molecular flexibility index (Phi) is 5.02. The van der Waals surface area contributed by atoms with E-state index in [1.807, 2.05) is 18.2 Å². The number of benzene rings is 2. The summed E-state index contributed by atoms with van der Waals surface area (Å²) in [6.07, 6.45) is 0. The highest BCUT2D eigenvalue weighted by Gasteiger charge is 2.12. The van der Waals surface area contributed by atoms with Crippen LogP contribution in [0.1, 0.15) is 15.9 Å². The van der Waals surface area contributed by atoms with E-state index in [2.05, 4.69) is 43.8 Å². The van der Waals surface area contributed by atoms with E-state index in [0.29, 0.717) is 26.3 Å². The van der Waals surface area contributed by atoms with Crippen molar-refractivity contribution in [3.63, 3.8) is 0 Å². The molecule has 0 atom stereocenters. The van der Waals surface area contributed by atoms with Crippen molar-refractivity contribution in [1.82, 2.24) is 0 Å². The first-order chi connectivity index (χ1) is 9.51. The van der Waals surface area contributed by atoms with E-state index in [0.717, 1.165) is 3.57 Å². The highest BCUT2D eigenvalue weighted by atomic mass is 127. The van der Waals surface area contributed by atoms with Gasteiger partial charge in [0.2, 0.25) is 0 Å². The van der Waals surface area contributed by atoms with Gasteiger partial charge in [-0.2, -0.15) is 5.26 Å². The predicted octanol–water partition coefficient (Wildman–Crippen LogP) is 4.83. The largest absolute Gasteiger partial charge is 0.321 e. The number of anilines is 1. The minimum atomic E-state index is -0.262.